The average Bonchev–Trinajstić information content (AvgIpc) is 3.00. The predicted octanol–water partition coefficient (Wildman–Crippen LogP) is 3.35. The molecule has 3 rings (SSSR count). The van der Waals surface area contributed by atoms with Gasteiger partial charge in [-0.1, -0.05) is 6.07 Å². The number of pyridine rings is 1. The second-order valence-electron chi connectivity index (χ2n) is 5.75. The Labute approximate surface area is 155 Å². The summed E-state index contributed by atoms with van der Waals surface area (Å²) in [5.41, 5.74) is 4.67. The highest BCUT2D eigenvalue weighted by molar-refractivity contribution is 7.17. The summed E-state index contributed by atoms with van der Waals surface area (Å²) in [6.45, 7) is 2.06. The van der Waals surface area contributed by atoms with Gasteiger partial charge in [0.05, 0.1) is 18.4 Å². The summed E-state index contributed by atoms with van der Waals surface area (Å²) in [6, 6.07) is 3.10. The SMILES string of the molecule is CCOC(=O)c1c(NC(=O)NN=Cc2cccnc2)sc2c1CCCC2. The van der Waals surface area contributed by atoms with Crippen molar-refractivity contribution in [3.63, 3.8) is 0 Å². The van der Waals surface area contributed by atoms with Gasteiger partial charge in [0.15, 0.2) is 0 Å². The highest BCUT2D eigenvalue weighted by atomic mass is 32.1. The molecule has 2 aromatic rings. The van der Waals surface area contributed by atoms with Crippen LogP contribution >= 0.6 is 11.3 Å². The number of nitrogens with zero attached hydrogens (tertiary/aromatic N) is 2. The van der Waals surface area contributed by atoms with Crippen molar-refractivity contribution in [3.05, 3.63) is 46.1 Å². The molecule has 8 heteroatoms. The van der Waals surface area contributed by atoms with E-state index >= 15 is 0 Å². The number of hydrazone groups is 1. The molecule has 0 saturated heterocycles. The third-order valence-electron chi connectivity index (χ3n) is 3.94. The van der Waals surface area contributed by atoms with Crippen LogP contribution in [0.5, 0.6) is 0 Å². The van der Waals surface area contributed by atoms with Gasteiger partial charge in [0, 0.05) is 22.8 Å². The number of ether oxygens (including phenoxy) is 1. The van der Waals surface area contributed by atoms with Gasteiger partial charge in [-0.05, 0) is 44.2 Å². The number of rotatable bonds is 5. The Morgan fingerprint density at radius 3 is 3.00 bits per heavy atom. The minimum absolute atomic E-state index is 0.296. The van der Waals surface area contributed by atoms with Crippen molar-refractivity contribution < 1.29 is 14.3 Å². The van der Waals surface area contributed by atoms with E-state index in [2.05, 4.69) is 20.8 Å². The van der Waals surface area contributed by atoms with Crippen LogP contribution in [-0.2, 0) is 17.6 Å². The van der Waals surface area contributed by atoms with E-state index < -0.39 is 6.03 Å². The molecule has 2 N–H and O–H groups in total. The second-order valence-corrected chi connectivity index (χ2v) is 6.85. The number of esters is 1. The average molecular weight is 372 g/mol. The van der Waals surface area contributed by atoms with Gasteiger partial charge in [0.25, 0.3) is 0 Å². The zero-order valence-corrected chi connectivity index (χ0v) is 15.3. The fourth-order valence-corrected chi connectivity index (χ4v) is 4.09. The molecular weight excluding hydrogens is 352 g/mol. The third kappa shape index (κ3) is 4.26. The first-order chi connectivity index (χ1) is 12.7. The molecule has 0 spiro atoms. The lowest BCUT2D eigenvalue weighted by Gasteiger charge is -2.12. The molecule has 2 heterocycles. The second kappa shape index (κ2) is 8.57. The van der Waals surface area contributed by atoms with Gasteiger partial charge in [-0.15, -0.1) is 11.3 Å². The Morgan fingerprint density at radius 1 is 1.38 bits per heavy atom. The van der Waals surface area contributed by atoms with Crippen LogP contribution in [0.3, 0.4) is 0 Å². The molecule has 136 valence electrons. The fraction of sp³-hybridized carbons (Fsp3) is 0.333. The lowest BCUT2D eigenvalue weighted by atomic mass is 9.95. The summed E-state index contributed by atoms with van der Waals surface area (Å²) < 4.78 is 5.17. The van der Waals surface area contributed by atoms with Crippen LogP contribution in [0.15, 0.2) is 29.6 Å². The minimum Gasteiger partial charge on any atom is -0.462 e. The summed E-state index contributed by atoms with van der Waals surface area (Å²) in [5.74, 6) is -0.388. The van der Waals surface area contributed by atoms with Crippen molar-refractivity contribution in [2.24, 2.45) is 5.10 Å². The van der Waals surface area contributed by atoms with Crippen molar-refractivity contribution in [2.45, 2.75) is 32.6 Å². The van der Waals surface area contributed by atoms with Crippen LogP contribution < -0.4 is 10.7 Å². The number of aromatic nitrogens is 1. The molecule has 0 saturated carbocycles. The zero-order chi connectivity index (χ0) is 18.4. The van der Waals surface area contributed by atoms with E-state index in [1.165, 1.54) is 17.6 Å². The number of fused-ring (bicyclic) bond motifs is 1. The van der Waals surface area contributed by atoms with Gasteiger partial charge >= 0.3 is 12.0 Å². The number of aryl methyl sites for hydroxylation is 1. The number of carbonyl (C=O) groups is 2. The number of carbonyl (C=O) groups excluding carboxylic acids is 2. The summed E-state index contributed by atoms with van der Waals surface area (Å²) >= 11 is 1.44. The van der Waals surface area contributed by atoms with Crippen LogP contribution in [0.2, 0.25) is 0 Å². The molecule has 0 aromatic carbocycles. The zero-order valence-electron chi connectivity index (χ0n) is 14.4. The quantitative estimate of drug-likeness (QED) is 0.478. The molecule has 1 aliphatic carbocycles. The van der Waals surface area contributed by atoms with Crippen molar-refractivity contribution in [3.8, 4) is 0 Å². The maximum absolute atomic E-state index is 12.4. The molecular formula is C18H20N4O3S. The monoisotopic (exact) mass is 372 g/mol. The first-order valence-electron chi connectivity index (χ1n) is 8.50. The van der Waals surface area contributed by atoms with Crippen molar-refractivity contribution >= 4 is 34.6 Å². The van der Waals surface area contributed by atoms with E-state index in [0.29, 0.717) is 17.2 Å². The van der Waals surface area contributed by atoms with E-state index in [0.717, 1.165) is 41.7 Å². The smallest absolute Gasteiger partial charge is 0.341 e. The maximum Gasteiger partial charge on any atom is 0.341 e. The first kappa shape index (κ1) is 18.1. The number of urea groups is 1. The molecule has 0 fully saturated rings. The summed E-state index contributed by atoms with van der Waals surface area (Å²) in [5, 5.41) is 7.14. The summed E-state index contributed by atoms with van der Waals surface area (Å²) in [4.78, 5) is 29.6. The standard InChI is InChI=1S/C18H20N4O3S/c1-2-25-17(23)15-13-7-3-4-8-14(13)26-16(15)21-18(24)22-20-11-12-6-5-9-19-10-12/h5-6,9-11H,2-4,7-8H2,1H3,(H2,21,22,24). The van der Waals surface area contributed by atoms with E-state index in [1.54, 1.807) is 25.4 Å². The van der Waals surface area contributed by atoms with Crippen LogP contribution in [0.1, 0.15) is 46.1 Å². The van der Waals surface area contributed by atoms with E-state index in [-0.39, 0.29) is 5.97 Å². The molecule has 26 heavy (non-hydrogen) atoms. The summed E-state index contributed by atoms with van der Waals surface area (Å²) in [6.07, 6.45) is 8.69. The summed E-state index contributed by atoms with van der Waals surface area (Å²) in [7, 11) is 0. The van der Waals surface area contributed by atoms with Crippen molar-refractivity contribution in [1.29, 1.82) is 0 Å². The largest absolute Gasteiger partial charge is 0.462 e. The molecule has 0 bridgehead atoms. The molecule has 1 aliphatic rings. The van der Waals surface area contributed by atoms with Crippen molar-refractivity contribution in [1.82, 2.24) is 10.4 Å². The molecule has 0 radical (unpaired) electrons. The van der Waals surface area contributed by atoms with Gasteiger partial charge < -0.3 is 4.74 Å². The van der Waals surface area contributed by atoms with Crippen molar-refractivity contribution in [2.75, 3.05) is 11.9 Å². The van der Waals surface area contributed by atoms with E-state index in [9.17, 15) is 9.59 Å². The molecule has 0 atom stereocenters. The van der Waals surface area contributed by atoms with Crippen LogP contribution in [0.4, 0.5) is 9.80 Å². The van der Waals surface area contributed by atoms with Crippen LogP contribution in [0, 0.1) is 0 Å². The van der Waals surface area contributed by atoms with Gasteiger partial charge in [0.1, 0.15) is 5.00 Å². The molecule has 0 aliphatic heterocycles. The number of hydrogen-bond acceptors (Lipinski definition) is 6. The van der Waals surface area contributed by atoms with Gasteiger partial charge in [-0.2, -0.15) is 5.10 Å². The topological polar surface area (TPSA) is 92.7 Å². The lowest BCUT2D eigenvalue weighted by molar-refractivity contribution is 0.0526. The highest BCUT2D eigenvalue weighted by Gasteiger charge is 2.27. The normalized spacial score (nSPS) is 13.3. The predicted molar refractivity (Wildman–Crippen MR) is 101 cm³/mol. The first-order valence-corrected chi connectivity index (χ1v) is 9.32. The van der Waals surface area contributed by atoms with E-state index in [4.69, 9.17) is 4.74 Å². The lowest BCUT2D eigenvalue weighted by Crippen LogP contribution is -2.25. The fourth-order valence-electron chi connectivity index (χ4n) is 2.82. The van der Waals surface area contributed by atoms with Crippen LogP contribution in [-0.4, -0.2) is 29.8 Å². The maximum atomic E-state index is 12.4. The van der Waals surface area contributed by atoms with Gasteiger partial charge in [0.2, 0.25) is 0 Å². The van der Waals surface area contributed by atoms with Gasteiger partial charge in [-0.3, -0.25) is 10.3 Å². The Hall–Kier alpha value is -2.74. The molecule has 2 amide bonds. The Balaban J connectivity index is 1.72. The Kier molecular flexibility index (Phi) is 5.96. The number of nitrogens with one attached hydrogen (secondary N) is 2. The number of hydrogen-bond donors (Lipinski definition) is 2. The van der Waals surface area contributed by atoms with Gasteiger partial charge in [-0.25, -0.2) is 15.0 Å². The molecule has 0 unspecified atom stereocenters. The number of amides is 2. The molecule has 7 nitrogen and oxygen atoms in total. The Bertz CT molecular complexity index is 817. The van der Waals surface area contributed by atoms with Crippen LogP contribution in [0.25, 0.3) is 0 Å². The highest BCUT2D eigenvalue weighted by Crippen LogP contribution is 2.38. The Morgan fingerprint density at radius 2 is 2.23 bits per heavy atom. The minimum atomic E-state index is -0.505. The molecule has 2 aromatic heterocycles. The number of anilines is 1. The van der Waals surface area contributed by atoms with E-state index in [1.807, 2.05) is 6.07 Å². The third-order valence-corrected chi connectivity index (χ3v) is 5.15. The number of thiophene rings is 1.